The molecular formula is C23H21N9O7. The van der Waals surface area contributed by atoms with Crippen LogP contribution in [-0.4, -0.2) is 54.9 Å². The number of esters is 1. The second-order valence-electron chi connectivity index (χ2n) is 7.89. The van der Waals surface area contributed by atoms with E-state index in [1.807, 2.05) is 0 Å². The SMILES string of the molecule is CCOc1cc(C=NNC(=O)c2c(C)nnn2-c2nonc2N)ccc1OC(=O)c1ccc([N+](=O)[O-])c(C)c1. The fourth-order valence-corrected chi connectivity index (χ4v) is 3.43. The molecule has 0 aliphatic heterocycles. The van der Waals surface area contributed by atoms with E-state index in [1.165, 1.54) is 37.4 Å². The molecule has 16 nitrogen and oxygen atoms in total. The predicted molar refractivity (Wildman–Crippen MR) is 134 cm³/mol. The highest BCUT2D eigenvalue weighted by Crippen LogP contribution is 2.29. The molecule has 3 N–H and O–H groups in total. The first-order valence-electron chi connectivity index (χ1n) is 11.3. The summed E-state index contributed by atoms with van der Waals surface area (Å²) in [6, 6.07) is 8.57. The molecule has 2 aromatic carbocycles. The Kier molecular flexibility index (Phi) is 7.55. The van der Waals surface area contributed by atoms with Crippen LogP contribution in [0.1, 0.15) is 44.6 Å². The van der Waals surface area contributed by atoms with Crippen LogP contribution in [0.15, 0.2) is 46.1 Å². The maximum atomic E-state index is 12.7. The lowest BCUT2D eigenvalue weighted by Gasteiger charge is -2.11. The van der Waals surface area contributed by atoms with Crippen molar-refractivity contribution in [1.29, 1.82) is 0 Å². The minimum atomic E-state index is -0.717. The van der Waals surface area contributed by atoms with Crippen molar-refractivity contribution in [2.45, 2.75) is 20.8 Å². The minimum absolute atomic E-state index is 0.000100. The average molecular weight is 535 g/mol. The van der Waals surface area contributed by atoms with Gasteiger partial charge in [-0.05, 0) is 67.0 Å². The molecule has 16 heteroatoms. The van der Waals surface area contributed by atoms with Crippen LogP contribution in [0.5, 0.6) is 11.5 Å². The number of nitro benzene ring substituents is 1. The lowest BCUT2D eigenvalue weighted by atomic mass is 10.1. The van der Waals surface area contributed by atoms with Gasteiger partial charge in [-0.25, -0.2) is 14.8 Å². The monoisotopic (exact) mass is 535 g/mol. The number of aromatic nitrogens is 5. The molecule has 39 heavy (non-hydrogen) atoms. The van der Waals surface area contributed by atoms with Crippen LogP contribution >= 0.6 is 0 Å². The highest BCUT2D eigenvalue weighted by molar-refractivity contribution is 5.95. The number of nitrogens with two attached hydrogens (primary N) is 1. The Morgan fingerprint density at radius 1 is 1.21 bits per heavy atom. The van der Waals surface area contributed by atoms with Gasteiger partial charge in [0.2, 0.25) is 11.6 Å². The molecule has 0 bridgehead atoms. The average Bonchev–Trinajstić information content (AvgIpc) is 3.49. The van der Waals surface area contributed by atoms with Crippen molar-refractivity contribution in [2.75, 3.05) is 12.3 Å². The molecule has 200 valence electrons. The van der Waals surface area contributed by atoms with Gasteiger partial charge in [0.25, 0.3) is 11.6 Å². The highest BCUT2D eigenvalue weighted by Gasteiger charge is 2.23. The number of anilines is 1. The second-order valence-corrected chi connectivity index (χ2v) is 7.89. The number of benzene rings is 2. The fraction of sp³-hybridized carbons (Fsp3) is 0.174. The molecule has 0 fully saturated rings. The van der Waals surface area contributed by atoms with Gasteiger partial charge in [-0.15, -0.1) is 5.10 Å². The van der Waals surface area contributed by atoms with E-state index in [2.05, 4.69) is 35.8 Å². The zero-order chi connectivity index (χ0) is 28.1. The third-order valence-electron chi connectivity index (χ3n) is 5.23. The van der Waals surface area contributed by atoms with Crippen LogP contribution in [0.4, 0.5) is 11.5 Å². The number of ether oxygens (including phenoxy) is 2. The first kappa shape index (κ1) is 26.4. The number of carbonyl (C=O) groups excluding carboxylic acids is 2. The van der Waals surface area contributed by atoms with Crippen LogP contribution < -0.4 is 20.6 Å². The van der Waals surface area contributed by atoms with E-state index in [0.717, 1.165) is 4.68 Å². The molecule has 0 saturated carbocycles. The van der Waals surface area contributed by atoms with Crippen LogP contribution in [-0.2, 0) is 0 Å². The van der Waals surface area contributed by atoms with Crippen LogP contribution in [0.25, 0.3) is 5.82 Å². The maximum absolute atomic E-state index is 12.7. The molecule has 2 aromatic heterocycles. The van der Waals surface area contributed by atoms with E-state index < -0.39 is 16.8 Å². The Labute approximate surface area is 219 Å². The van der Waals surface area contributed by atoms with Gasteiger partial charge in [0.1, 0.15) is 0 Å². The molecular weight excluding hydrogens is 514 g/mol. The summed E-state index contributed by atoms with van der Waals surface area (Å²) in [6.07, 6.45) is 1.35. The smallest absolute Gasteiger partial charge is 0.343 e. The lowest BCUT2D eigenvalue weighted by Crippen LogP contribution is -2.22. The number of nitrogens with zero attached hydrogens (tertiary/aromatic N) is 7. The number of aryl methyl sites for hydroxylation is 2. The zero-order valence-corrected chi connectivity index (χ0v) is 20.8. The Morgan fingerprint density at radius 3 is 2.67 bits per heavy atom. The molecule has 0 unspecified atom stereocenters. The summed E-state index contributed by atoms with van der Waals surface area (Å²) in [4.78, 5) is 35.9. The number of hydrazone groups is 1. The normalized spacial score (nSPS) is 10.9. The second kappa shape index (κ2) is 11.2. The van der Waals surface area contributed by atoms with Crippen LogP contribution in [0.2, 0.25) is 0 Å². The van der Waals surface area contributed by atoms with Crippen molar-refractivity contribution in [3.8, 4) is 17.3 Å². The molecule has 4 aromatic rings. The minimum Gasteiger partial charge on any atom is -0.490 e. The van der Waals surface area contributed by atoms with Crippen LogP contribution in [0, 0.1) is 24.0 Å². The van der Waals surface area contributed by atoms with E-state index in [4.69, 9.17) is 15.2 Å². The van der Waals surface area contributed by atoms with E-state index in [9.17, 15) is 19.7 Å². The number of nitrogens with one attached hydrogen (secondary N) is 1. The maximum Gasteiger partial charge on any atom is 0.343 e. The van der Waals surface area contributed by atoms with E-state index in [-0.39, 0.29) is 52.4 Å². The number of nitrogen functional groups attached to an aromatic ring is 1. The van der Waals surface area contributed by atoms with Crippen LogP contribution in [0.3, 0.4) is 0 Å². The van der Waals surface area contributed by atoms with Gasteiger partial charge in [0, 0.05) is 11.6 Å². The third-order valence-corrected chi connectivity index (χ3v) is 5.23. The Balaban J connectivity index is 1.48. The molecule has 0 saturated heterocycles. The highest BCUT2D eigenvalue weighted by atomic mass is 16.6. The summed E-state index contributed by atoms with van der Waals surface area (Å²) < 4.78 is 16.7. The Bertz CT molecular complexity index is 1590. The Morgan fingerprint density at radius 2 is 2.00 bits per heavy atom. The number of hydrogen-bond donors (Lipinski definition) is 2. The van der Waals surface area contributed by atoms with E-state index >= 15 is 0 Å². The molecule has 0 aliphatic rings. The number of amides is 1. The van der Waals surface area contributed by atoms with Crippen molar-refractivity contribution in [3.63, 3.8) is 0 Å². The molecule has 1 amide bonds. The van der Waals surface area contributed by atoms with Crippen molar-refractivity contribution in [3.05, 3.63) is 74.6 Å². The molecule has 0 radical (unpaired) electrons. The quantitative estimate of drug-likeness (QED) is 0.104. The number of hydrogen-bond acceptors (Lipinski definition) is 13. The van der Waals surface area contributed by atoms with Crippen molar-refractivity contribution in [2.24, 2.45) is 5.10 Å². The molecule has 0 atom stereocenters. The number of rotatable bonds is 9. The number of carbonyl (C=O) groups is 2. The van der Waals surface area contributed by atoms with Gasteiger partial charge in [-0.1, -0.05) is 5.21 Å². The first-order valence-corrected chi connectivity index (χ1v) is 11.3. The van der Waals surface area contributed by atoms with Gasteiger partial charge in [-0.2, -0.15) is 9.78 Å². The summed E-state index contributed by atoms with van der Waals surface area (Å²) in [5.74, 6) is -1.07. The van der Waals surface area contributed by atoms with Gasteiger partial charge < -0.3 is 15.2 Å². The largest absolute Gasteiger partial charge is 0.490 e. The third kappa shape index (κ3) is 5.68. The summed E-state index contributed by atoms with van der Waals surface area (Å²) in [6.45, 7) is 5.12. The van der Waals surface area contributed by atoms with Crippen molar-refractivity contribution in [1.82, 2.24) is 30.7 Å². The first-order chi connectivity index (χ1) is 18.7. The number of nitro groups is 1. The van der Waals surface area contributed by atoms with Gasteiger partial charge >= 0.3 is 5.97 Å². The van der Waals surface area contributed by atoms with Crippen molar-refractivity contribution >= 4 is 29.6 Å². The summed E-state index contributed by atoms with van der Waals surface area (Å²) in [7, 11) is 0. The summed E-state index contributed by atoms with van der Waals surface area (Å²) in [5.41, 5.74) is 9.23. The molecule has 4 rings (SSSR count). The van der Waals surface area contributed by atoms with Gasteiger partial charge in [0.05, 0.1) is 29.0 Å². The molecule has 2 heterocycles. The standard InChI is InChI=1S/C23H21N9O7/c1-4-37-18-10-14(5-8-17(18)38-23(34)15-6-7-16(32(35)36)12(2)9-15)11-25-27-22(33)19-13(3)26-30-31(19)21-20(24)28-39-29-21/h5-11H,4H2,1-3H3,(H2,24,28)(H,27,33). The van der Waals surface area contributed by atoms with Gasteiger partial charge in [0.15, 0.2) is 17.2 Å². The van der Waals surface area contributed by atoms with E-state index in [1.54, 1.807) is 26.0 Å². The molecule has 0 spiro atoms. The van der Waals surface area contributed by atoms with E-state index in [0.29, 0.717) is 11.1 Å². The summed E-state index contributed by atoms with van der Waals surface area (Å²) >= 11 is 0. The summed E-state index contributed by atoms with van der Waals surface area (Å²) in [5, 5.41) is 29.7. The predicted octanol–water partition coefficient (Wildman–Crippen LogP) is 2.14. The topological polar surface area (TPSA) is 216 Å². The zero-order valence-electron chi connectivity index (χ0n) is 20.8. The van der Waals surface area contributed by atoms with Crippen molar-refractivity contribution < 1.29 is 28.6 Å². The Hall–Kier alpha value is -5.67. The van der Waals surface area contributed by atoms with Gasteiger partial charge in [-0.3, -0.25) is 14.9 Å². The molecule has 0 aliphatic carbocycles. The lowest BCUT2D eigenvalue weighted by molar-refractivity contribution is -0.385. The fourth-order valence-electron chi connectivity index (χ4n) is 3.43.